The van der Waals surface area contributed by atoms with Crippen molar-refractivity contribution in [2.75, 3.05) is 12.3 Å². The van der Waals surface area contributed by atoms with Crippen molar-refractivity contribution >= 4 is 12.6 Å². The molecule has 0 aromatic carbocycles. The van der Waals surface area contributed by atoms with Crippen LogP contribution in [0.25, 0.3) is 0 Å². The number of nitrogens with two attached hydrogens (primary N) is 1. The van der Waals surface area contributed by atoms with Crippen LogP contribution < -0.4 is 5.73 Å². The maximum Gasteiger partial charge on any atom is -0.00773 e. The maximum atomic E-state index is 5.53. The lowest BCUT2D eigenvalue weighted by atomic mass is 10.0. The van der Waals surface area contributed by atoms with Crippen LogP contribution in [0.4, 0.5) is 0 Å². The Hall–Kier alpha value is 0.310. The zero-order valence-corrected chi connectivity index (χ0v) is 21.7. The minimum absolute atomic E-state index is 0.873. The number of thiol groups is 1. The highest BCUT2D eigenvalue weighted by Gasteiger charge is 1.96. The average molecular weight is 442 g/mol. The van der Waals surface area contributed by atoms with Crippen molar-refractivity contribution in [1.82, 2.24) is 0 Å². The van der Waals surface area contributed by atoms with E-state index in [-0.39, 0.29) is 0 Å². The summed E-state index contributed by atoms with van der Waals surface area (Å²) in [4.78, 5) is 0. The van der Waals surface area contributed by atoms with E-state index < -0.39 is 0 Å². The van der Waals surface area contributed by atoms with Crippen LogP contribution in [0.5, 0.6) is 0 Å². The summed E-state index contributed by atoms with van der Waals surface area (Å²) in [6.45, 7) is 0.873. The third-order valence-corrected chi connectivity index (χ3v) is 6.93. The van der Waals surface area contributed by atoms with Crippen LogP contribution in [-0.4, -0.2) is 12.3 Å². The molecule has 0 aliphatic carbocycles. The Bertz CT molecular complexity index is 254. The van der Waals surface area contributed by atoms with Crippen molar-refractivity contribution in [3.05, 3.63) is 0 Å². The topological polar surface area (TPSA) is 26.0 Å². The first-order valence-corrected chi connectivity index (χ1v) is 14.9. The van der Waals surface area contributed by atoms with Crippen molar-refractivity contribution in [1.29, 1.82) is 0 Å². The van der Waals surface area contributed by atoms with Crippen LogP contribution in [-0.2, 0) is 0 Å². The Balaban J connectivity index is 2.97. The fourth-order valence-corrected chi connectivity index (χ4v) is 4.72. The van der Waals surface area contributed by atoms with E-state index in [1.165, 1.54) is 167 Å². The molecule has 0 amide bonds. The van der Waals surface area contributed by atoms with Crippen LogP contribution in [0.3, 0.4) is 0 Å². The predicted octanol–water partition coefficient (Wildman–Crippen LogP) is 10.0. The molecule has 0 atom stereocenters. The lowest BCUT2D eigenvalue weighted by molar-refractivity contribution is 0.515. The molecule has 0 heterocycles. The zero-order valence-electron chi connectivity index (χ0n) is 20.8. The van der Waals surface area contributed by atoms with Gasteiger partial charge in [-0.25, -0.2) is 0 Å². The number of unbranched alkanes of at least 4 members (excludes halogenated alkanes) is 25. The van der Waals surface area contributed by atoms with Gasteiger partial charge in [-0.3, -0.25) is 0 Å². The van der Waals surface area contributed by atoms with Crippen LogP contribution >= 0.6 is 12.6 Å². The van der Waals surface area contributed by atoms with Gasteiger partial charge in [0.1, 0.15) is 0 Å². The van der Waals surface area contributed by atoms with Crippen molar-refractivity contribution in [3.63, 3.8) is 0 Å². The minimum Gasteiger partial charge on any atom is -0.330 e. The van der Waals surface area contributed by atoms with Gasteiger partial charge in [-0.2, -0.15) is 12.6 Å². The standard InChI is InChI=1S/C28H59NS/c29-27-25-23-21-19-17-15-13-11-9-7-5-3-1-2-4-6-8-10-12-14-16-18-20-22-24-26-28-30/h30H,1-29H2. The average Bonchev–Trinajstić information content (AvgIpc) is 2.76. The monoisotopic (exact) mass is 441 g/mol. The van der Waals surface area contributed by atoms with Crippen LogP contribution in [0, 0.1) is 0 Å². The molecule has 0 spiro atoms. The summed E-state index contributed by atoms with van der Waals surface area (Å²) in [6.07, 6.45) is 37.5. The number of hydrogen-bond donors (Lipinski definition) is 2. The molecule has 0 aromatic rings. The van der Waals surface area contributed by atoms with Gasteiger partial charge in [0.05, 0.1) is 0 Å². The van der Waals surface area contributed by atoms with Gasteiger partial charge < -0.3 is 5.73 Å². The molecule has 0 bridgehead atoms. The molecule has 0 aliphatic rings. The number of rotatable bonds is 27. The van der Waals surface area contributed by atoms with Gasteiger partial charge >= 0.3 is 0 Å². The van der Waals surface area contributed by atoms with E-state index in [1.54, 1.807) is 0 Å². The Labute approximate surface area is 197 Å². The van der Waals surface area contributed by atoms with Gasteiger partial charge in [0.25, 0.3) is 0 Å². The van der Waals surface area contributed by atoms with Gasteiger partial charge in [0.15, 0.2) is 0 Å². The highest BCUT2D eigenvalue weighted by atomic mass is 32.1. The largest absolute Gasteiger partial charge is 0.330 e. The van der Waals surface area contributed by atoms with Crippen molar-refractivity contribution < 1.29 is 0 Å². The van der Waals surface area contributed by atoms with E-state index in [0.29, 0.717) is 0 Å². The van der Waals surface area contributed by atoms with E-state index in [2.05, 4.69) is 12.6 Å². The molecule has 0 radical (unpaired) electrons. The predicted molar refractivity (Wildman–Crippen MR) is 143 cm³/mol. The summed E-state index contributed by atoms with van der Waals surface area (Å²) in [5.41, 5.74) is 5.53. The van der Waals surface area contributed by atoms with E-state index in [1.807, 2.05) is 0 Å². The lowest BCUT2D eigenvalue weighted by Gasteiger charge is -2.04. The van der Waals surface area contributed by atoms with Gasteiger partial charge in [-0.15, -0.1) is 0 Å². The Morgan fingerprint density at radius 2 is 0.433 bits per heavy atom. The fourth-order valence-electron chi connectivity index (χ4n) is 4.50. The summed E-state index contributed by atoms with van der Waals surface area (Å²) in [5, 5.41) is 0. The molecule has 0 aromatic heterocycles. The molecule has 0 unspecified atom stereocenters. The molecule has 30 heavy (non-hydrogen) atoms. The fraction of sp³-hybridized carbons (Fsp3) is 1.00. The van der Waals surface area contributed by atoms with Crippen molar-refractivity contribution in [3.8, 4) is 0 Å². The van der Waals surface area contributed by atoms with Gasteiger partial charge in [0.2, 0.25) is 0 Å². The molecule has 0 rings (SSSR count). The molecular weight excluding hydrogens is 382 g/mol. The summed E-state index contributed by atoms with van der Waals surface area (Å²) < 4.78 is 0. The molecule has 0 saturated heterocycles. The normalized spacial score (nSPS) is 11.4. The second-order valence-corrected chi connectivity index (χ2v) is 10.2. The smallest absolute Gasteiger partial charge is 0.00773 e. The van der Waals surface area contributed by atoms with Gasteiger partial charge in [0, 0.05) is 0 Å². The number of hydrogen-bond acceptors (Lipinski definition) is 2. The molecule has 0 fully saturated rings. The quantitative estimate of drug-likeness (QED) is 0.0962. The summed E-state index contributed by atoms with van der Waals surface area (Å²) in [5.74, 6) is 1.07. The SMILES string of the molecule is NCCCCCCCCCCCCCCCCCCCCCCCCCCCCS. The lowest BCUT2D eigenvalue weighted by Crippen LogP contribution is -1.97. The van der Waals surface area contributed by atoms with E-state index >= 15 is 0 Å². The maximum absolute atomic E-state index is 5.53. The molecule has 0 saturated carbocycles. The van der Waals surface area contributed by atoms with Crippen LogP contribution in [0.15, 0.2) is 0 Å². The van der Waals surface area contributed by atoms with Crippen LogP contribution in [0.1, 0.15) is 167 Å². The highest BCUT2D eigenvalue weighted by molar-refractivity contribution is 7.80. The van der Waals surface area contributed by atoms with E-state index in [9.17, 15) is 0 Å². The van der Waals surface area contributed by atoms with Gasteiger partial charge in [-0.1, -0.05) is 154 Å². The molecule has 1 nitrogen and oxygen atoms in total. The Morgan fingerprint density at radius 1 is 0.267 bits per heavy atom. The minimum atomic E-state index is 0.873. The zero-order chi connectivity index (χ0) is 21.8. The first-order valence-electron chi connectivity index (χ1n) is 14.2. The third-order valence-electron chi connectivity index (χ3n) is 6.61. The van der Waals surface area contributed by atoms with Crippen LogP contribution in [0.2, 0.25) is 0 Å². The Morgan fingerprint density at radius 3 is 0.600 bits per heavy atom. The molecule has 0 aliphatic heterocycles. The molecule has 2 N–H and O–H groups in total. The van der Waals surface area contributed by atoms with Crippen molar-refractivity contribution in [2.45, 2.75) is 167 Å². The highest BCUT2D eigenvalue weighted by Crippen LogP contribution is 2.15. The van der Waals surface area contributed by atoms with Crippen molar-refractivity contribution in [2.24, 2.45) is 5.73 Å². The first kappa shape index (κ1) is 30.3. The molecular formula is C28H59NS. The molecule has 2 heteroatoms. The molecule has 182 valence electrons. The summed E-state index contributed by atoms with van der Waals surface area (Å²) in [6, 6.07) is 0. The Kier molecular flexibility index (Phi) is 29.6. The second-order valence-electron chi connectivity index (χ2n) is 9.70. The van der Waals surface area contributed by atoms with Gasteiger partial charge in [-0.05, 0) is 25.1 Å². The van der Waals surface area contributed by atoms with E-state index in [4.69, 9.17) is 5.73 Å². The van der Waals surface area contributed by atoms with E-state index in [0.717, 1.165) is 12.3 Å². The second kappa shape index (κ2) is 29.3. The third kappa shape index (κ3) is 28.3. The first-order chi connectivity index (χ1) is 14.9. The summed E-state index contributed by atoms with van der Waals surface area (Å²) in [7, 11) is 0. The summed E-state index contributed by atoms with van der Waals surface area (Å²) >= 11 is 4.27.